The molecule has 1 N–H and O–H groups in total. The van der Waals surface area contributed by atoms with Crippen LogP contribution < -0.4 is 5.32 Å². The molecule has 0 aliphatic heterocycles. The fourth-order valence-electron chi connectivity index (χ4n) is 1.87. The largest absolute Gasteiger partial charge is 0.309 e. The summed E-state index contributed by atoms with van der Waals surface area (Å²) in [6.45, 7) is 8.67. The Hall–Kier alpha value is -1.22. The first-order valence-electron chi connectivity index (χ1n) is 6.44. The van der Waals surface area contributed by atoms with Crippen LogP contribution in [0.4, 0.5) is 8.78 Å². The molecule has 1 aromatic carbocycles. The van der Waals surface area contributed by atoms with Gasteiger partial charge in [-0.2, -0.15) is 0 Å². The molecule has 0 amide bonds. The van der Waals surface area contributed by atoms with Crippen molar-refractivity contribution in [2.45, 2.75) is 39.2 Å². The van der Waals surface area contributed by atoms with Gasteiger partial charge in [0.1, 0.15) is 11.6 Å². The molecule has 0 radical (unpaired) electrons. The molecule has 0 fully saturated rings. The van der Waals surface area contributed by atoms with Gasteiger partial charge in [-0.25, -0.2) is 8.78 Å². The van der Waals surface area contributed by atoms with Crippen LogP contribution in [-0.4, -0.2) is 6.54 Å². The molecule has 100 valence electrons. The Morgan fingerprint density at radius 1 is 1.28 bits per heavy atom. The van der Waals surface area contributed by atoms with Crippen molar-refractivity contribution >= 4 is 0 Å². The van der Waals surface area contributed by atoms with Crippen LogP contribution in [0.25, 0.3) is 0 Å². The number of hydrogen-bond acceptors (Lipinski definition) is 1. The topological polar surface area (TPSA) is 12.0 Å². The van der Waals surface area contributed by atoms with Gasteiger partial charge in [0, 0.05) is 11.6 Å². The standard InChI is InChI=1S/C15H21F2N/c1-4-9-18-14(10-11(3)5-2)15-12(16)7-6-8-13(15)17/h6-8,14,18H,3-5,9-10H2,1-2H3. The summed E-state index contributed by atoms with van der Waals surface area (Å²) in [5.74, 6) is -0.986. The summed E-state index contributed by atoms with van der Waals surface area (Å²) in [7, 11) is 0. The molecular weight excluding hydrogens is 232 g/mol. The smallest absolute Gasteiger partial charge is 0.130 e. The molecule has 0 saturated heterocycles. The first kappa shape index (κ1) is 14.8. The molecule has 0 aliphatic carbocycles. The van der Waals surface area contributed by atoms with E-state index in [9.17, 15) is 8.78 Å². The van der Waals surface area contributed by atoms with Gasteiger partial charge in [0.05, 0.1) is 0 Å². The lowest BCUT2D eigenvalue weighted by Crippen LogP contribution is -2.24. The third-order valence-electron chi connectivity index (χ3n) is 2.98. The average Bonchev–Trinajstić information content (AvgIpc) is 2.35. The zero-order valence-corrected chi connectivity index (χ0v) is 11.1. The van der Waals surface area contributed by atoms with Crippen molar-refractivity contribution < 1.29 is 8.78 Å². The van der Waals surface area contributed by atoms with Gasteiger partial charge < -0.3 is 5.32 Å². The second-order valence-electron chi connectivity index (χ2n) is 4.45. The fourth-order valence-corrected chi connectivity index (χ4v) is 1.87. The molecule has 1 rings (SSSR count). The second kappa shape index (κ2) is 7.27. The van der Waals surface area contributed by atoms with E-state index in [4.69, 9.17) is 0 Å². The van der Waals surface area contributed by atoms with Crippen LogP contribution in [0.1, 0.15) is 44.7 Å². The van der Waals surface area contributed by atoms with Crippen LogP contribution in [0.5, 0.6) is 0 Å². The van der Waals surface area contributed by atoms with Gasteiger partial charge in [0.25, 0.3) is 0 Å². The first-order chi connectivity index (χ1) is 8.60. The fraction of sp³-hybridized carbons (Fsp3) is 0.467. The van der Waals surface area contributed by atoms with Crippen LogP contribution in [0.15, 0.2) is 30.4 Å². The quantitative estimate of drug-likeness (QED) is 0.712. The summed E-state index contributed by atoms with van der Waals surface area (Å²) in [6.07, 6.45) is 2.31. The van der Waals surface area contributed by atoms with Crippen LogP contribution in [-0.2, 0) is 0 Å². The van der Waals surface area contributed by atoms with Gasteiger partial charge >= 0.3 is 0 Å². The summed E-state index contributed by atoms with van der Waals surface area (Å²) in [5.41, 5.74) is 1.12. The normalized spacial score (nSPS) is 12.4. The van der Waals surface area contributed by atoms with Crippen molar-refractivity contribution in [2.75, 3.05) is 6.54 Å². The molecule has 0 bridgehead atoms. The molecule has 3 heteroatoms. The Kier molecular flexibility index (Phi) is 5.99. The molecule has 0 saturated carbocycles. The maximum Gasteiger partial charge on any atom is 0.130 e. The maximum absolute atomic E-state index is 13.8. The summed E-state index contributed by atoms with van der Waals surface area (Å²) in [6, 6.07) is 3.65. The van der Waals surface area contributed by atoms with Crippen LogP contribution in [0.2, 0.25) is 0 Å². The van der Waals surface area contributed by atoms with Gasteiger partial charge in [-0.05, 0) is 37.9 Å². The molecule has 0 aliphatic rings. The summed E-state index contributed by atoms with van der Waals surface area (Å²) in [5, 5.41) is 3.19. The number of hydrogen-bond donors (Lipinski definition) is 1. The van der Waals surface area contributed by atoms with E-state index >= 15 is 0 Å². The first-order valence-corrected chi connectivity index (χ1v) is 6.44. The highest BCUT2D eigenvalue weighted by Gasteiger charge is 2.19. The summed E-state index contributed by atoms with van der Waals surface area (Å²) >= 11 is 0. The van der Waals surface area contributed by atoms with E-state index in [2.05, 4.69) is 11.9 Å². The van der Waals surface area contributed by atoms with E-state index < -0.39 is 11.6 Å². The molecule has 1 nitrogen and oxygen atoms in total. The number of benzene rings is 1. The minimum Gasteiger partial charge on any atom is -0.309 e. The average molecular weight is 253 g/mol. The summed E-state index contributed by atoms with van der Waals surface area (Å²) in [4.78, 5) is 0. The lowest BCUT2D eigenvalue weighted by Gasteiger charge is -2.21. The van der Waals surface area contributed by atoms with Crippen LogP contribution in [0.3, 0.4) is 0 Å². The Morgan fingerprint density at radius 2 is 1.89 bits per heavy atom. The lowest BCUT2D eigenvalue weighted by molar-refractivity contribution is 0.461. The number of nitrogens with one attached hydrogen (secondary N) is 1. The highest BCUT2D eigenvalue weighted by molar-refractivity contribution is 5.24. The van der Waals surface area contributed by atoms with E-state index in [1.165, 1.54) is 18.2 Å². The van der Waals surface area contributed by atoms with Crippen molar-refractivity contribution in [3.05, 3.63) is 47.5 Å². The lowest BCUT2D eigenvalue weighted by atomic mass is 9.97. The van der Waals surface area contributed by atoms with Gasteiger partial charge in [-0.3, -0.25) is 0 Å². The predicted molar refractivity (Wildman–Crippen MR) is 71.4 cm³/mol. The Morgan fingerprint density at radius 3 is 2.39 bits per heavy atom. The SMILES string of the molecule is C=C(CC)CC(NCCC)c1c(F)cccc1F. The highest BCUT2D eigenvalue weighted by atomic mass is 19.1. The second-order valence-corrected chi connectivity index (χ2v) is 4.45. The van der Waals surface area contributed by atoms with Crippen LogP contribution in [0, 0.1) is 11.6 Å². The van der Waals surface area contributed by atoms with Gasteiger partial charge in [-0.1, -0.05) is 32.1 Å². The Balaban J connectivity index is 2.97. The maximum atomic E-state index is 13.8. The molecule has 0 spiro atoms. The van der Waals surface area contributed by atoms with E-state index in [1.807, 2.05) is 13.8 Å². The molecule has 1 unspecified atom stereocenters. The van der Waals surface area contributed by atoms with Gasteiger partial charge in [0.2, 0.25) is 0 Å². The summed E-state index contributed by atoms with van der Waals surface area (Å²) < 4.78 is 27.5. The van der Waals surface area contributed by atoms with E-state index in [1.54, 1.807) is 0 Å². The minimum atomic E-state index is -0.493. The monoisotopic (exact) mass is 253 g/mol. The van der Waals surface area contributed by atoms with Crippen molar-refractivity contribution in [2.24, 2.45) is 0 Å². The van der Waals surface area contributed by atoms with Crippen LogP contribution >= 0.6 is 0 Å². The van der Waals surface area contributed by atoms with Crippen molar-refractivity contribution in [1.82, 2.24) is 5.32 Å². The van der Waals surface area contributed by atoms with E-state index in [0.29, 0.717) is 6.42 Å². The zero-order chi connectivity index (χ0) is 13.5. The Bertz CT molecular complexity index is 381. The van der Waals surface area contributed by atoms with E-state index in [0.717, 1.165) is 25.0 Å². The molecule has 1 atom stereocenters. The molecule has 0 heterocycles. The molecule has 18 heavy (non-hydrogen) atoms. The number of halogens is 2. The van der Waals surface area contributed by atoms with Gasteiger partial charge in [-0.15, -0.1) is 0 Å². The highest BCUT2D eigenvalue weighted by Crippen LogP contribution is 2.26. The zero-order valence-electron chi connectivity index (χ0n) is 11.1. The minimum absolute atomic E-state index is 0.126. The van der Waals surface area contributed by atoms with Crippen molar-refractivity contribution in [1.29, 1.82) is 0 Å². The molecular formula is C15H21F2N. The van der Waals surface area contributed by atoms with E-state index in [-0.39, 0.29) is 11.6 Å². The predicted octanol–water partition coefficient (Wildman–Crippen LogP) is 4.36. The third-order valence-corrected chi connectivity index (χ3v) is 2.98. The van der Waals surface area contributed by atoms with Crippen molar-refractivity contribution in [3.8, 4) is 0 Å². The number of rotatable bonds is 7. The molecule has 0 aromatic heterocycles. The van der Waals surface area contributed by atoms with Gasteiger partial charge in [0.15, 0.2) is 0 Å². The molecule has 1 aromatic rings. The Labute approximate surface area is 108 Å². The third kappa shape index (κ3) is 3.91. The van der Waals surface area contributed by atoms with Crippen molar-refractivity contribution in [3.63, 3.8) is 0 Å².